The molecule has 0 amide bonds. The fourth-order valence-corrected chi connectivity index (χ4v) is 1.17. The smallest absolute Gasteiger partial charge is 0.0758 e. The highest BCUT2D eigenvalue weighted by molar-refractivity contribution is 4.83. The van der Waals surface area contributed by atoms with Crippen molar-refractivity contribution in [3.05, 3.63) is 0 Å². The van der Waals surface area contributed by atoms with Gasteiger partial charge in [0.05, 0.1) is 5.60 Å². The highest BCUT2D eigenvalue weighted by Gasteiger charge is 2.28. The molecule has 0 unspecified atom stereocenters. The van der Waals surface area contributed by atoms with E-state index in [-0.39, 0.29) is 0 Å². The van der Waals surface area contributed by atoms with Crippen molar-refractivity contribution in [1.82, 2.24) is 4.90 Å². The average Bonchev–Trinajstić information content (AvgIpc) is 2.15. The zero-order valence-corrected chi connectivity index (χ0v) is 7.52. The van der Waals surface area contributed by atoms with E-state index in [9.17, 15) is 5.11 Å². The molecule has 1 rings (SSSR count). The SMILES string of the molecule is CC.CN1CC[C@@](C)(O)C1. The van der Waals surface area contributed by atoms with Gasteiger partial charge in [0.2, 0.25) is 0 Å². The molecule has 0 spiro atoms. The van der Waals surface area contributed by atoms with Gasteiger partial charge in [0.1, 0.15) is 0 Å². The Morgan fingerprint density at radius 2 is 1.90 bits per heavy atom. The Labute approximate surface area is 63.8 Å². The summed E-state index contributed by atoms with van der Waals surface area (Å²) in [5, 5.41) is 9.32. The molecule has 62 valence electrons. The Kier molecular flexibility index (Phi) is 3.91. The topological polar surface area (TPSA) is 23.5 Å². The van der Waals surface area contributed by atoms with Crippen LogP contribution in [0.4, 0.5) is 0 Å². The number of nitrogens with zero attached hydrogens (tertiary/aromatic N) is 1. The van der Waals surface area contributed by atoms with Crippen LogP contribution in [0.5, 0.6) is 0 Å². The van der Waals surface area contributed by atoms with Gasteiger partial charge in [-0.3, -0.25) is 0 Å². The van der Waals surface area contributed by atoms with Crippen LogP contribution in [-0.4, -0.2) is 35.7 Å². The Hall–Kier alpha value is -0.0800. The minimum atomic E-state index is -0.408. The van der Waals surface area contributed by atoms with E-state index in [2.05, 4.69) is 4.90 Å². The van der Waals surface area contributed by atoms with Crippen molar-refractivity contribution >= 4 is 0 Å². The number of β-amino-alcohol motifs (C(OH)–C–C–N with tert-alkyl or cyclic N) is 1. The lowest BCUT2D eigenvalue weighted by molar-refractivity contribution is 0.0719. The van der Waals surface area contributed by atoms with Gasteiger partial charge in [-0.2, -0.15) is 0 Å². The Morgan fingerprint density at radius 1 is 1.40 bits per heavy atom. The molecule has 2 nitrogen and oxygen atoms in total. The summed E-state index contributed by atoms with van der Waals surface area (Å²) >= 11 is 0. The fourth-order valence-electron chi connectivity index (χ4n) is 1.17. The number of likely N-dealkylation sites (N-methyl/N-ethyl adjacent to an activating group) is 1. The summed E-state index contributed by atoms with van der Waals surface area (Å²) in [7, 11) is 2.03. The normalized spacial score (nSPS) is 33.3. The average molecular weight is 145 g/mol. The zero-order chi connectivity index (χ0) is 8.20. The van der Waals surface area contributed by atoms with E-state index in [1.165, 1.54) is 0 Å². The molecular formula is C8H19NO. The van der Waals surface area contributed by atoms with Crippen LogP contribution in [0, 0.1) is 0 Å². The number of likely N-dealkylation sites (tertiary alicyclic amines) is 1. The third-order valence-electron chi connectivity index (χ3n) is 1.64. The van der Waals surface area contributed by atoms with Crippen molar-refractivity contribution in [2.45, 2.75) is 32.8 Å². The van der Waals surface area contributed by atoms with Crippen molar-refractivity contribution < 1.29 is 5.11 Å². The van der Waals surface area contributed by atoms with Gasteiger partial charge in [0, 0.05) is 13.1 Å². The van der Waals surface area contributed by atoms with Gasteiger partial charge in [0.15, 0.2) is 0 Å². The highest BCUT2D eigenvalue weighted by Crippen LogP contribution is 2.17. The molecule has 0 aliphatic carbocycles. The summed E-state index contributed by atoms with van der Waals surface area (Å²) in [5.41, 5.74) is -0.408. The molecule has 0 aromatic heterocycles. The molecule has 2 heteroatoms. The third kappa shape index (κ3) is 3.18. The first-order valence-electron chi connectivity index (χ1n) is 4.01. The maximum absolute atomic E-state index is 9.32. The fraction of sp³-hybridized carbons (Fsp3) is 1.00. The maximum atomic E-state index is 9.32. The molecule has 0 bridgehead atoms. The second-order valence-corrected chi connectivity index (χ2v) is 2.98. The summed E-state index contributed by atoms with van der Waals surface area (Å²) in [5.74, 6) is 0. The zero-order valence-electron chi connectivity index (χ0n) is 7.52. The van der Waals surface area contributed by atoms with Crippen molar-refractivity contribution in [1.29, 1.82) is 0 Å². The lowest BCUT2D eigenvalue weighted by Gasteiger charge is -2.14. The predicted octanol–water partition coefficient (Wildman–Crippen LogP) is 1.10. The molecule has 0 radical (unpaired) electrons. The van der Waals surface area contributed by atoms with Gasteiger partial charge in [-0.15, -0.1) is 0 Å². The number of aliphatic hydroxyl groups is 1. The van der Waals surface area contributed by atoms with Crippen LogP contribution >= 0.6 is 0 Å². The van der Waals surface area contributed by atoms with E-state index in [4.69, 9.17) is 0 Å². The van der Waals surface area contributed by atoms with E-state index >= 15 is 0 Å². The van der Waals surface area contributed by atoms with Crippen molar-refractivity contribution in [2.24, 2.45) is 0 Å². The molecule has 1 atom stereocenters. The summed E-state index contributed by atoms with van der Waals surface area (Å²) in [6.07, 6.45) is 0.920. The molecule has 1 aliphatic heterocycles. The number of hydrogen-bond acceptors (Lipinski definition) is 2. The van der Waals surface area contributed by atoms with Gasteiger partial charge in [-0.25, -0.2) is 0 Å². The summed E-state index contributed by atoms with van der Waals surface area (Å²) in [6, 6.07) is 0. The molecule has 0 aromatic carbocycles. The molecule has 1 aliphatic rings. The van der Waals surface area contributed by atoms with E-state index in [1.54, 1.807) is 0 Å². The maximum Gasteiger partial charge on any atom is 0.0758 e. The summed E-state index contributed by atoms with van der Waals surface area (Å²) < 4.78 is 0. The second kappa shape index (κ2) is 3.94. The van der Waals surface area contributed by atoms with Crippen LogP contribution in [0.15, 0.2) is 0 Å². The number of hydrogen-bond donors (Lipinski definition) is 1. The van der Waals surface area contributed by atoms with Crippen LogP contribution in [0.25, 0.3) is 0 Å². The minimum absolute atomic E-state index is 0.408. The van der Waals surface area contributed by atoms with Gasteiger partial charge >= 0.3 is 0 Å². The second-order valence-electron chi connectivity index (χ2n) is 2.98. The Bertz CT molecular complexity index is 91.3. The summed E-state index contributed by atoms with van der Waals surface area (Å²) in [4.78, 5) is 2.14. The Balaban J connectivity index is 0.000000371. The lowest BCUT2D eigenvalue weighted by Crippen LogP contribution is -2.27. The van der Waals surface area contributed by atoms with E-state index < -0.39 is 5.60 Å². The highest BCUT2D eigenvalue weighted by atomic mass is 16.3. The van der Waals surface area contributed by atoms with Gasteiger partial charge in [-0.05, 0) is 20.4 Å². The van der Waals surface area contributed by atoms with Crippen LogP contribution in [0.1, 0.15) is 27.2 Å². The van der Waals surface area contributed by atoms with E-state index in [1.807, 2.05) is 27.8 Å². The summed E-state index contributed by atoms with van der Waals surface area (Å²) in [6.45, 7) is 7.75. The molecule has 1 fully saturated rings. The lowest BCUT2D eigenvalue weighted by atomic mass is 10.1. The van der Waals surface area contributed by atoms with Crippen LogP contribution < -0.4 is 0 Å². The molecule has 10 heavy (non-hydrogen) atoms. The van der Waals surface area contributed by atoms with E-state index in [0.717, 1.165) is 19.5 Å². The molecule has 1 saturated heterocycles. The minimum Gasteiger partial charge on any atom is -0.389 e. The predicted molar refractivity (Wildman–Crippen MR) is 44.1 cm³/mol. The Morgan fingerprint density at radius 3 is 2.00 bits per heavy atom. The first-order chi connectivity index (χ1) is 4.60. The van der Waals surface area contributed by atoms with Gasteiger partial charge in [-0.1, -0.05) is 13.8 Å². The third-order valence-corrected chi connectivity index (χ3v) is 1.64. The first-order valence-corrected chi connectivity index (χ1v) is 4.01. The largest absolute Gasteiger partial charge is 0.389 e. The van der Waals surface area contributed by atoms with Crippen molar-refractivity contribution in [3.63, 3.8) is 0 Å². The van der Waals surface area contributed by atoms with Crippen LogP contribution in [0.2, 0.25) is 0 Å². The van der Waals surface area contributed by atoms with Crippen molar-refractivity contribution in [3.8, 4) is 0 Å². The quantitative estimate of drug-likeness (QED) is 0.551. The molecule has 1 heterocycles. The molecular weight excluding hydrogens is 126 g/mol. The van der Waals surface area contributed by atoms with Crippen molar-refractivity contribution in [2.75, 3.05) is 20.1 Å². The number of rotatable bonds is 0. The standard InChI is InChI=1S/C6H13NO.C2H6/c1-6(8)3-4-7(2)5-6;1-2/h8H,3-5H2,1-2H3;1-2H3/t6-;/m1./s1. The van der Waals surface area contributed by atoms with Crippen LogP contribution in [0.3, 0.4) is 0 Å². The van der Waals surface area contributed by atoms with Crippen LogP contribution in [-0.2, 0) is 0 Å². The molecule has 1 N–H and O–H groups in total. The van der Waals surface area contributed by atoms with Gasteiger partial charge in [0.25, 0.3) is 0 Å². The van der Waals surface area contributed by atoms with E-state index in [0.29, 0.717) is 0 Å². The first kappa shape index (κ1) is 9.92. The monoisotopic (exact) mass is 145 g/mol. The molecule has 0 saturated carbocycles. The van der Waals surface area contributed by atoms with Gasteiger partial charge < -0.3 is 10.0 Å². The molecule has 0 aromatic rings.